The summed E-state index contributed by atoms with van der Waals surface area (Å²) in [6.07, 6.45) is 1.85. The Balaban J connectivity index is 1.94. The van der Waals surface area contributed by atoms with E-state index in [-0.39, 0.29) is 5.91 Å². The van der Waals surface area contributed by atoms with Crippen LogP contribution < -0.4 is 10.0 Å². The van der Waals surface area contributed by atoms with E-state index in [0.29, 0.717) is 17.8 Å². The lowest BCUT2D eigenvalue weighted by Crippen LogP contribution is -2.25. The van der Waals surface area contributed by atoms with Crippen LogP contribution in [0, 0.1) is 0 Å². The predicted octanol–water partition coefficient (Wildman–Crippen LogP) is 2.09. The predicted molar refractivity (Wildman–Crippen MR) is 85.3 cm³/mol. The lowest BCUT2D eigenvalue weighted by Gasteiger charge is -2.07. The van der Waals surface area contributed by atoms with Crippen LogP contribution in [0.4, 0.5) is 5.69 Å². The Bertz CT molecular complexity index is 710. The minimum atomic E-state index is -3.35. The Hall–Kier alpha value is -1.86. The molecule has 1 aromatic carbocycles. The van der Waals surface area contributed by atoms with Gasteiger partial charge in [0, 0.05) is 22.7 Å². The highest BCUT2D eigenvalue weighted by Crippen LogP contribution is 2.12. The molecule has 0 atom stereocenters. The van der Waals surface area contributed by atoms with Crippen molar-refractivity contribution in [3.63, 3.8) is 0 Å². The number of anilines is 1. The van der Waals surface area contributed by atoms with E-state index in [1.54, 1.807) is 29.5 Å². The standard InChI is InChI=1S/C14H16N2O3S2/c1-21(18,19)16-12-5-2-4-11(10-12)14(17)15-8-7-13-6-3-9-20-13/h2-6,9-10,16H,7-8H2,1H3,(H,15,17). The second kappa shape index (κ2) is 6.73. The molecule has 0 bridgehead atoms. The second-order valence-electron chi connectivity index (χ2n) is 4.54. The molecule has 0 saturated carbocycles. The SMILES string of the molecule is CS(=O)(=O)Nc1cccc(C(=O)NCCc2cccs2)c1. The van der Waals surface area contributed by atoms with Gasteiger partial charge >= 0.3 is 0 Å². The van der Waals surface area contributed by atoms with Crippen molar-refractivity contribution < 1.29 is 13.2 Å². The van der Waals surface area contributed by atoms with Crippen molar-refractivity contribution in [2.75, 3.05) is 17.5 Å². The van der Waals surface area contributed by atoms with Crippen LogP contribution in [0.25, 0.3) is 0 Å². The topological polar surface area (TPSA) is 75.3 Å². The number of carbonyl (C=O) groups excluding carboxylic acids is 1. The number of nitrogens with one attached hydrogen (secondary N) is 2. The molecule has 0 radical (unpaired) electrons. The molecule has 0 fully saturated rings. The number of benzene rings is 1. The van der Waals surface area contributed by atoms with E-state index in [2.05, 4.69) is 10.0 Å². The van der Waals surface area contributed by atoms with Gasteiger partial charge in [-0.1, -0.05) is 12.1 Å². The van der Waals surface area contributed by atoms with Crippen molar-refractivity contribution in [3.05, 3.63) is 52.2 Å². The van der Waals surface area contributed by atoms with Gasteiger partial charge in [-0.25, -0.2) is 8.42 Å². The number of carbonyl (C=O) groups is 1. The molecule has 0 saturated heterocycles. The summed E-state index contributed by atoms with van der Waals surface area (Å²) in [6.45, 7) is 0.545. The highest BCUT2D eigenvalue weighted by Gasteiger charge is 2.08. The third-order valence-electron chi connectivity index (χ3n) is 2.67. The summed E-state index contributed by atoms with van der Waals surface area (Å²) >= 11 is 1.65. The van der Waals surface area contributed by atoms with Crippen LogP contribution >= 0.6 is 11.3 Å². The molecule has 0 aliphatic rings. The first-order valence-corrected chi connectivity index (χ1v) is 9.09. The number of rotatable bonds is 6. The van der Waals surface area contributed by atoms with Gasteiger partial charge in [0.25, 0.3) is 5.91 Å². The Morgan fingerprint density at radius 2 is 2.05 bits per heavy atom. The molecule has 112 valence electrons. The van der Waals surface area contributed by atoms with Crippen molar-refractivity contribution >= 4 is 33.0 Å². The lowest BCUT2D eigenvalue weighted by atomic mass is 10.2. The van der Waals surface area contributed by atoms with Gasteiger partial charge in [0.05, 0.1) is 6.26 Å². The maximum absolute atomic E-state index is 12.0. The monoisotopic (exact) mass is 324 g/mol. The van der Waals surface area contributed by atoms with Crippen LogP contribution in [-0.2, 0) is 16.4 Å². The molecular weight excluding hydrogens is 308 g/mol. The van der Waals surface area contributed by atoms with Gasteiger partial charge in [-0.2, -0.15) is 0 Å². The number of hydrogen-bond acceptors (Lipinski definition) is 4. The maximum Gasteiger partial charge on any atom is 0.251 e. The maximum atomic E-state index is 12.0. The first-order valence-electron chi connectivity index (χ1n) is 6.32. The van der Waals surface area contributed by atoms with Gasteiger partial charge in [0.1, 0.15) is 0 Å². The molecular formula is C14H16N2O3S2. The zero-order valence-electron chi connectivity index (χ0n) is 11.5. The fraction of sp³-hybridized carbons (Fsp3) is 0.214. The minimum Gasteiger partial charge on any atom is -0.352 e. The number of hydrogen-bond donors (Lipinski definition) is 2. The van der Waals surface area contributed by atoms with E-state index >= 15 is 0 Å². The van der Waals surface area contributed by atoms with E-state index in [1.807, 2.05) is 17.5 Å². The summed E-state index contributed by atoms with van der Waals surface area (Å²) in [7, 11) is -3.35. The molecule has 1 heterocycles. The van der Waals surface area contributed by atoms with Crippen molar-refractivity contribution in [2.24, 2.45) is 0 Å². The van der Waals surface area contributed by atoms with Crippen molar-refractivity contribution in [2.45, 2.75) is 6.42 Å². The molecule has 2 N–H and O–H groups in total. The van der Waals surface area contributed by atoms with Crippen molar-refractivity contribution in [1.29, 1.82) is 0 Å². The van der Waals surface area contributed by atoms with Crippen LogP contribution in [0.1, 0.15) is 15.2 Å². The minimum absolute atomic E-state index is 0.219. The largest absolute Gasteiger partial charge is 0.352 e. The van der Waals surface area contributed by atoms with Crippen molar-refractivity contribution in [3.8, 4) is 0 Å². The molecule has 0 unspecified atom stereocenters. The third-order valence-corrected chi connectivity index (χ3v) is 4.21. The number of thiophene rings is 1. The first-order chi connectivity index (χ1) is 9.94. The molecule has 0 spiro atoms. The second-order valence-corrected chi connectivity index (χ2v) is 7.32. The van der Waals surface area contributed by atoms with E-state index in [4.69, 9.17) is 0 Å². The molecule has 0 aliphatic carbocycles. The highest BCUT2D eigenvalue weighted by molar-refractivity contribution is 7.92. The highest BCUT2D eigenvalue weighted by atomic mass is 32.2. The van der Waals surface area contributed by atoms with Gasteiger partial charge in [-0.3, -0.25) is 9.52 Å². The van der Waals surface area contributed by atoms with Gasteiger partial charge in [0.15, 0.2) is 0 Å². The zero-order chi connectivity index (χ0) is 15.3. The van der Waals surface area contributed by atoms with Gasteiger partial charge in [0.2, 0.25) is 10.0 Å². The summed E-state index contributed by atoms with van der Waals surface area (Å²) in [5.41, 5.74) is 0.804. The molecule has 1 amide bonds. The molecule has 2 aromatic rings. The summed E-state index contributed by atoms with van der Waals surface area (Å²) in [4.78, 5) is 13.2. The zero-order valence-corrected chi connectivity index (χ0v) is 13.1. The fourth-order valence-corrected chi connectivity index (χ4v) is 3.06. The smallest absolute Gasteiger partial charge is 0.251 e. The average Bonchev–Trinajstić information content (AvgIpc) is 2.90. The van der Waals surface area contributed by atoms with Crippen LogP contribution in [0.3, 0.4) is 0 Å². The Labute approximate surface area is 128 Å². The normalized spacial score (nSPS) is 11.1. The first kappa shape index (κ1) is 15.5. The van der Waals surface area contributed by atoms with E-state index in [1.165, 1.54) is 10.9 Å². The molecule has 0 aliphatic heterocycles. The Kier molecular flexibility index (Phi) is 4.98. The average molecular weight is 324 g/mol. The summed E-state index contributed by atoms with van der Waals surface area (Å²) in [6, 6.07) is 10.4. The van der Waals surface area contributed by atoms with Gasteiger partial charge in [-0.15, -0.1) is 11.3 Å². The van der Waals surface area contributed by atoms with Gasteiger partial charge < -0.3 is 5.32 Å². The van der Waals surface area contributed by atoms with Gasteiger partial charge in [-0.05, 0) is 36.1 Å². The molecule has 1 aromatic heterocycles. The van der Waals surface area contributed by atoms with Crippen LogP contribution in [-0.4, -0.2) is 27.1 Å². The summed E-state index contributed by atoms with van der Waals surface area (Å²) < 4.78 is 24.7. The van der Waals surface area contributed by atoms with Crippen LogP contribution in [0.5, 0.6) is 0 Å². The Morgan fingerprint density at radius 1 is 1.24 bits per heavy atom. The summed E-state index contributed by atoms with van der Waals surface area (Å²) in [5, 5.41) is 4.82. The van der Waals surface area contributed by atoms with E-state index in [9.17, 15) is 13.2 Å². The molecule has 5 nitrogen and oxygen atoms in total. The number of sulfonamides is 1. The lowest BCUT2D eigenvalue weighted by molar-refractivity contribution is 0.0954. The van der Waals surface area contributed by atoms with Crippen molar-refractivity contribution in [1.82, 2.24) is 5.32 Å². The summed E-state index contributed by atoms with van der Waals surface area (Å²) in [5.74, 6) is -0.219. The molecule has 2 rings (SSSR count). The third kappa shape index (κ3) is 5.20. The van der Waals surface area contributed by atoms with E-state index < -0.39 is 10.0 Å². The van der Waals surface area contributed by atoms with Crippen LogP contribution in [0.15, 0.2) is 41.8 Å². The number of amides is 1. The molecule has 21 heavy (non-hydrogen) atoms. The quantitative estimate of drug-likeness (QED) is 0.854. The van der Waals surface area contributed by atoms with Crippen LogP contribution in [0.2, 0.25) is 0 Å². The molecule has 7 heteroatoms. The van der Waals surface area contributed by atoms with E-state index in [0.717, 1.165) is 12.7 Å². The fourth-order valence-electron chi connectivity index (χ4n) is 1.79. The Morgan fingerprint density at radius 3 is 2.71 bits per heavy atom.